The first-order valence-corrected chi connectivity index (χ1v) is 15.4. The fourth-order valence-electron chi connectivity index (χ4n) is 5.20. The fraction of sp³-hybridized carbons (Fsp3) is 0.194. The van der Waals surface area contributed by atoms with Gasteiger partial charge in [-0.25, -0.2) is 9.79 Å². The van der Waals surface area contributed by atoms with Crippen molar-refractivity contribution in [2.45, 2.75) is 29.7 Å². The third kappa shape index (κ3) is 4.83. The second-order valence-corrected chi connectivity index (χ2v) is 12.6. The predicted octanol–water partition coefficient (Wildman–Crippen LogP) is 5.80. The van der Waals surface area contributed by atoms with E-state index in [-0.39, 0.29) is 12.2 Å². The van der Waals surface area contributed by atoms with Crippen LogP contribution < -0.4 is 24.5 Å². The molecule has 0 unspecified atom stereocenters. The fourth-order valence-corrected chi connectivity index (χ4v) is 7.83. The summed E-state index contributed by atoms with van der Waals surface area (Å²) in [5.41, 5.74) is 4.45. The summed E-state index contributed by atoms with van der Waals surface area (Å²) in [7, 11) is 3.63. The lowest BCUT2D eigenvalue weighted by Crippen LogP contribution is -2.40. The maximum atomic E-state index is 14.1. The minimum absolute atomic E-state index is 0.207. The highest BCUT2D eigenvalue weighted by Crippen LogP contribution is 2.47. The van der Waals surface area contributed by atoms with E-state index in [1.54, 1.807) is 37.3 Å². The number of carbonyl (C=O) groups is 1. The summed E-state index contributed by atoms with van der Waals surface area (Å²) < 4.78 is 14.0. The van der Waals surface area contributed by atoms with Gasteiger partial charge in [0, 0.05) is 26.9 Å². The van der Waals surface area contributed by atoms with Gasteiger partial charge in [-0.2, -0.15) is 0 Å². The predicted molar refractivity (Wildman–Crippen MR) is 166 cm³/mol. The van der Waals surface area contributed by atoms with Crippen molar-refractivity contribution < 1.29 is 14.3 Å². The van der Waals surface area contributed by atoms with Gasteiger partial charge in [-0.3, -0.25) is 9.36 Å². The average molecular weight is 649 g/mol. The molecule has 3 heterocycles. The molecule has 6 rings (SSSR count). The van der Waals surface area contributed by atoms with Crippen LogP contribution in [0.15, 0.2) is 96.0 Å². The Labute approximate surface area is 253 Å². The Morgan fingerprint density at radius 3 is 2.66 bits per heavy atom. The number of thiazole rings is 1. The quantitative estimate of drug-likeness (QED) is 0.255. The van der Waals surface area contributed by atoms with E-state index in [4.69, 9.17) is 9.47 Å². The van der Waals surface area contributed by atoms with Crippen LogP contribution in [0.4, 0.5) is 11.4 Å². The molecule has 10 heteroatoms. The van der Waals surface area contributed by atoms with E-state index in [2.05, 4.69) is 57.1 Å². The van der Waals surface area contributed by atoms with E-state index in [0.717, 1.165) is 20.6 Å². The SMILES string of the molecule is CCOC(=O)C1=C(C)N=c2s/c(=C\c3ccc4c(c3)Sc3ccccc3N4C)c(=O)n2[C@@H]1c1cc(Br)ccc1OC. The van der Waals surface area contributed by atoms with Crippen LogP contribution in [0.1, 0.15) is 31.0 Å². The largest absolute Gasteiger partial charge is 0.496 e. The van der Waals surface area contributed by atoms with Crippen molar-refractivity contribution in [1.82, 2.24) is 4.57 Å². The van der Waals surface area contributed by atoms with Gasteiger partial charge in [-0.1, -0.05) is 57.2 Å². The maximum Gasteiger partial charge on any atom is 0.338 e. The van der Waals surface area contributed by atoms with Gasteiger partial charge in [0.25, 0.3) is 5.56 Å². The number of esters is 1. The van der Waals surface area contributed by atoms with Gasteiger partial charge in [0.15, 0.2) is 4.80 Å². The third-order valence-corrected chi connectivity index (χ3v) is 9.68. The molecule has 0 N–H and O–H groups in total. The molecule has 1 aromatic heterocycles. The molecule has 7 nitrogen and oxygen atoms in total. The van der Waals surface area contributed by atoms with Crippen molar-refractivity contribution in [3.8, 4) is 5.75 Å². The molecule has 0 bridgehead atoms. The highest BCUT2D eigenvalue weighted by molar-refractivity contribution is 9.10. The molecule has 1 atom stereocenters. The van der Waals surface area contributed by atoms with Gasteiger partial charge >= 0.3 is 5.97 Å². The number of ether oxygens (including phenoxy) is 2. The van der Waals surface area contributed by atoms with Gasteiger partial charge in [0.1, 0.15) is 11.8 Å². The number of anilines is 2. The first-order chi connectivity index (χ1) is 19.8. The molecule has 0 aliphatic carbocycles. The minimum atomic E-state index is -0.760. The zero-order chi connectivity index (χ0) is 28.8. The number of halogens is 1. The summed E-state index contributed by atoms with van der Waals surface area (Å²) >= 11 is 6.56. The topological polar surface area (TPSA) is 73.1 Å². The molecule has 0 amide bonds. The number of rotatable bonds is 5. The number of fused-ring (bicyclic) bond motifs is 3. The van der Waals surface area contributed by atoms with Gasteiger partial charge in [-0.15, -0.1) is 0 Å². The van der Waals surface area contributed by atoms with Gasteiger partial charge < -0.3 is 14.4 Å². The van der Waals surface area contributed by atoms with Crippen LogP contribution in [0.3, 0.4) is 0 Å². The Bertz CT molecular complexity index is 1930. The summed E-state index contributed by atoms with van der Waals surface area (Å²) in [5, 5.41) is 0. The van der Waals surface area contributed by atoms with E-state index in [1.807, 2.05) is 42.5 Å². The molecule has 4 aromatic rings. The van der Waals surface area contributed by atoms with Crippen LogP contribution in [0.2, 0.25) is 0 Å². The van der Waals surface area contributed by atoms with E-state index in [1.165, 1.54) is 21.9 Å². The number of hydrogen-bond donors (Lipinski definition) is 0. The Morgan fingerprint density at radius 2 is 1.88 bits per heavy atom. The van der Waals surface area contributed by atoms with Crippen molar-refractivity contribution in [2.24, 2.45) is 4.99 Å². The van der Waals surface area contributed by atoms with Crippen LogP contribution >= 0.6 is 39.0 Å². The monoisotopic (exact) mass is 647 g/mol. The van der Waals surface area contributed by atoms with Gasteiger partial charge in [-0.05, 0) is 68.0 Å². The van der Waals surface area contributed by atoms with Crippen molar-refractivity contribution >= 4 is 62.4 Å². The Balaban J connectivity index is 1.50. The first-order valence-electron chi connectivity index (χ1n) is 13.0. The number of benzene rings is 3. The smallest absolute Gasteiger partial charge is 0.338 e. The zero-order valence-corrected chi connectivity index (χ0v) is 26.0. The summed E-state index contributed by atoms with van der Waals surface area (Å²) in [5.74, 6) is 0.0477. The Morgan fingerprint density at radius 1 is 1.10 bits per heavy atom. The van der Waals surface area contributed by atoms with Gasteiger partial charge in [0.2, 0.25) is 0 Å². The first kappa shape index (κ1) is 27.6. The lowest BCUT2D eigenvalue weighted by Gasteiger charge is -2.29. The number of methoxy groups -OCH3 is 1. The highest BCUT2D eigenvalue weighted by Gasteiger charge is 2.35. The van der Waals surface area contributed by atoms with Crippen LogP contribution in [0, 0.1) is 0 Å². The Hall–Kier alpha value is -3.60. The molecule has 2 aliphatic rings. The maximum absolute atomic E-state index is 14.1. The lowest BCUT2D eigenvalue weighted by atomic mass is 9.95. The van der Waals surface area contributed by atoms with Crippen LogP contribution in [-0.4, -0.2) is 31.3 Å². The van der Waals surface area contributed by atoms with E-state index in [9.17, 15) is 9.59 Å². The van der Waals surface area contributed by atoms with E-state index < -0.39 is 12.0 Å². The third-order valence-electron chi connectivity index (χ3n) is 7.09. The van der Waals surface area contributed by atoms with Crippen molar-refractivity contribution in [2.75, 3.05) is 25.7 Å². The molecular weight excluding hydrogens is 622 g/mol. The highest BCUT2D eigenvalue weighted by atomic mass is 79.9. The van der Waals surface area contributed by atoms with Crippen LogP contribution in [-0.2, 0) is 9.53 Å². The molecular formula is C31H26BrN3O4S2. The van der Waals surface area contributed by atoms with E-state index in [0.29, 0.717) is 31.9 Å². The van der Waals surface area contributed by atoms with Gasteiger partial charge in [0.05, 0.1) is 40.9 Å². The summed E-state index contributed by atoms with van der Waals surface area (Å²) in [4.78, 5) is 37.0. The second kappa shape index (κ2) is 11.0. The van der Waals surface area contributed by atoms with Crippen LogP contribution in [0.5, 0.6) is 5.75 Å². The number of para-hydroxylation sites is 1. The standard InChI is InChI=1S/C31H26BrN3O4S2/c1-5-39-30(37)27-17(2)33-31-35(28(27)20-16-19(32)11-13-23(20)38-4)29(36)26(41-31)15-18-10-12-22-25(14-18)40-24-9-7-6-8-21(24)34(22)3/h6-16,28H,5H2,1-4H3/b26-15-/t28-/m1/s1. The number of aromatic nitrogens is 1. The number of allylic oxidation sites excluding steroid dienone is 1. The Kier molecular flexibility index (Phi) is 7.39. The number of carbonyl (C=O) groups excluding carboxylic acids is 1. The van der Waals surface area contributed by atoms with E-state index >= 15 is 0 Å². The molecule has 0 saturated heterocycles. The molecule has 41 heavy (non-hydrogen) atoms. The second-order valence-electron chi connectivity index (χ2n) is 9.54. The molecule has 0 spiro atoms. The average Bonchev–Trinajstić information content (AvgIpc) is 3.26. The van der Waals surface area contributed by atoms with Crippen molar-refractivity contribution in [3.63, 3.8) is 0 Å². The summed E-state index contributed by atoms with van der Waals surface area (Å²) in [6, 6.07) is 19.3. The summed E-state index contributed by atoms with van der Waals surface area (Å²) in [6.07, 6.45) is 1.89. The molecule has 0 saturated carbocycles. The summed E-state index contributed by atoms with van der Waals surface area (Å²) in [6.45, 7) is 3.74. The molecule has 208 valence electrons. The van der Waals surface area contributed by atoms with Crippen LogP contribution in [0.25, 0.3) is 6.08 Å². The zero-order valence-electron chi connectivity index (χ0n) is 22.8. The molecule has 0 radical (unpaired) electrons. The number of nitrogens with zero attached hydrogens (tertiary/aromatic N) is 3. The lowest BCUT2D eigenvalue weighted by molar-refractivity contribution is -0.139. The molecule has 2 aliphatic heterocycles. The normalized spacial score (nSPS) is 16.1. The van der Waals surface area contributed by atoms with Crippen molar-refractivity contribution in [1.29, 1.82) is 0 Å². The minimum Gasteiger partial charge on any atom is -0.496 e. The number of hydrogen-bond acceptors (Lipinski definition) is 8. The van der Waals surface area contributed by atoms with Crippen molar-refractivity contribution in [3.05, 3.63) is 107 Å². The molecule has 0 fully saturated rings. The molecule has 3 aromatic carbocycles.